The van der Waals surface area contributed by atoms with E-state index in [1.807, 2.05) is 18.2 Å². The predicted molar refractivity (Wildman–Crippen MR) is 78.2 cm³/mol. The van der Waals surface area contributed by atoms with Crippen LogP contribution in [-0.4, -0.2) is 29.1 Å². The van der Waals surface area contributed by atoms with Crippen molar-refractivity contribution in [3.8, 4) is 6.07 Å². The summed E-state index contributed by atoms with van der Waals surface area (Å²) in [6.07, 6.45) is 3.48. The van der Waals surface area contributed by atoms with Gasteiger partial charge in [0.25, 0.3) is 0 Å². The maximum Gasteiger partial charge on any atom is 0.304 e. The van der Waals surface area contributed by atoms with Crippen molar-refractivity contribution >= 4 is 5.97 Å². The van der Waals surface area contributed by atoms with Crippen LogP contribution >= 0.6 is 0 Å². The third kappa shape index (κ3) is 5.85. The highest BCUT2D eigenvalue weighted by molar-refractivity contribution is 5.66. The number of rotatable bonds is 9. The number of nitrogens with zero attached hydrogens (tertiary/aromatic N) is 2. The lowest BCUT2D eigenvalue weighted by Gasteiger charge is -2.22. The monoisotopic (exact) mass is 274 g/mol. The Kier molecular flexibility index (Phi) is 7.38. The molecule has 0 spiro atoms. The molecule has 0 unspecified atom stereocenters. The first-order chi connectivity index (χ1) is 9.67. The highest BCUT2D eigenvalue weighted by Gasteiger charge is 2.10. The molecular weight excluding hydrogens is 252 g/mol. The van der Waals surface area contributed by atoms with Gasteiger partial charge in [-0.05, 0) is 24.6 Å². The fourth-order valence-corrected chi connectivity index (χ4v) is 2.12. The predicted octanol–water partition coefficient (Wildman–Crippen LogP) is 3.03. The topological polar surface area (TPSA) is 64.3 Å². The van der Waals surface area contributed by atoms with E-state index in [1.165, 1.54) is 0 Å². The van der Waals surface area contributed by atoms with Gasteiger partial charge in [0, 0.05) is 13.1 Å². The Morgan fingerprint density at radius 2 is 2.05 bits per heavy atom. The molecule has 1 aromatic carbocycles. The van der Waals surface area contributed by atoms with Gasteiger partial charge in [-0.2, -0.15) is 5.26 Å². The summed E-state index contributed by atoms with van der Waals surface area (Å²) >= 11 is 0. The van der Waals surface area contributed by atoms with Gasteiger partial charge in [0.05, 0.1) is 18.1 Å². The van der Waals surface area contributed by atoms with Crippen molar-refractivity contribution in [3.63, 3.8) is 0 Å². The Labute approximate surface area is 120 Å². The smallest absolute Gasteiger partial charge is 0.304 e. The molecule has 0 aliphatic carbocycles. The van der Waals surface area contributed by atoms with Crippen molar-refractivity contribution in [3.05, 3.63) is 35.4 Å². The number of aliphatic carboxylic acids is 1. The van der Waals surface area contributed by atoms with Gasteiger partial charge in [0.2, 0.25) is 0 Å². The molecule has 0 radical (unpaired) electrons. The van der Waals surface area contributed by atoms with Crippen LogP contribution in [-0.2, 0) is 11.3 Å². The number of unbranched alkanes of at least 4 members (excludes halogenated alkanes) is 2. The fourth-order valence-electron chi connectivity index (χ4n) is 2.12. The minimum atomic E-state index is -0.779. The van der Waals surface area contributed by atoms with Crippen molar-refractivity contribution in [1.82, 2.24) is 4.90 Å². The van der Waals surface area contributed by atoms with Gasteiger partial charge in [-0.15, -0.1) is 0 Å². The molecule has 4 nitrogen and oxygen atoms in total. The molecule has 108 valence electrons. The van der Waals surface area contributed by atoms with Gasteiger partial charge in [-0.1, -0.05) is 38.0 Å². The molecule has 0 bridgehead atoms. The number of benzene rings is 1. The van der Waals surface area contributed by atoms with Crippen molar-refractivity contribution < 1.29 is 9.90 Å². The van der Waals surface area contributed by atoms with Gasteiger partial charge in [-0.3, -0.25) is 9.69 Å². The van der Waals surface area contributed by atoms with Crippen LogP contribution in [0.3, 0.4) is 0 Å². The highest BCUT2D eigenvalue weighted by atomic mass is 16.4. The van der Waals surface area contributed by atoms with E-state index < -0.39 is 5.97 Å². The van der Waals surface area contributed by atoms with E-state index in [-0.39, 0.29) is 6.42 Å². The Balaban J connectivity index is 2.66. The molecule has 0 aliphatic rings. The summed E-state index contributed by atoms with van der Waals surface area (Å²) < 4.78 is 0. The summed E-state index contributed by atoms with van der Waals surface area (Å²) in [7, 11) is 0. The van der Waals surface area contributed by atoms with Gasteiger partial charge >= 0.3 is 5.97 Å². The first kappa shape index (κ1) is 16.2. The summed E-state index contributed by atoms with van der Waals surface area (Å²) in [6, 6.07) is 9.69. The van der Waals surface area contributed by atoms with E-state index in [4.69, 9.17) is 10.4 Å². The zero-order chi connectivity index (χ0) is 14.8. The second-order valence-electron chi connectivity index (χ2n) is 4.90. The average molecular weight is 274 g/mol. The second-order valence-corrected chi connectivity index (χ2v) is 4.90. The summed E-state index contributed by atoms with van der Waals surface area (Å²) in [5, 5.41) is 17.9. The normalized spacial score (nSPS) is 10.4. The van der Waals surface area contributed by atoms with Crippen LogP contribution in [0, 0.1) is 11.3 Å². The number of carboxylic acid groups (broad SMARTS) is 1. The molecule has 0 aromatic heterocycles. The Bertz CT molecular complexity index is 466. The van der Waals surface area contributed by atoms with Gasteiger partial charge in [-0.25, -0.2) is 0 Å². The average Bonchev–Trinajstić information content (AvgIpc) is 2.45. The van der Waals surface area contributed by atoms with E-state index in [9.17, 15) is 4.79 Å². The largest absolute Gasteiger partial charge is 0.481 e. The van der Waals surface area contributed by atoms with Gasteiger partial charge in [0.15, 0.2) is 0 Å². The molecule has 0 saturated carbocycles. The third-order valence-electron chi connectivity index (χ3n) is 3.25. The SMILES string of the molecule is CCCCCN(CCC(=O)O)Cc1ccccc1C#N. The lowest BCUT2D eigenvalue weighted by molar-refractivity contribution is -0.137. The number of hydrogen-bond acceptors (Lipinski definition) is 3. The van der Waals surface area contributed by atoms with Crippen molar-refractivity contribution in [2.45, 2.75) is 39.2 Å². The zero-order valence-corrected chi connectivity index (χ0v) is 12.0. The lowest BCUT2D eigenvalue weighted by atomic mass is 10.1. The summed E-state index contributed by atoms with van der Waals surface area (Å²) in [5.74, 6) is -0.779. The quantitative estimate of drug-likeness (QED) is 0.703. The van der Waals surface area contributed by atoms with Crippen molar-refractivity contribution in [2.75, 3.05) is 13.1 Å². The van der Waals surface area contributed by atoms with E-state index in [1.54, 1.807) is 6.07 Å². The minimum absolute atomic E-state index is 0.140. The lowest BCUT2D eigenvalue weighted by Crippen LogP contribution is -2.27. The Morgan fingerprint density at radius 3 is 2.70 bits per heavy atom. The number of carboxylic acids is 1. The molecule has 0 saturated heterocycles. The first-order valence-electron chi connectivity index (χ1n) is 7.09. The van der Waals surface area contributed by atoms with Crippen molar-refractivity contribution in [2.24, 2.45) is 0 Å². The molecule has 0 atom stereocenters. The van der Waals surface area contributed by atoms with E-state index >= 15 is 0 Å². The third-order valence-corrected chi connectivity index (χ3v) is 3.25. The molecule has 0 heterocycles. The number of nitriles is 1. The molecule has 1 aromatic rings. The van der Waals surface area contributed by atoms with Crippen LogP contribution in [0.15, 0.2) is 24.3 Å². The molecule has 4 heteroatoms. The number of carbonyl (C=O) groups is 1. The van der Waals surface area contributed by atoms with Crippen LogP contribution in [0.5, 0.6) is 0 Å². The zero-order valence-electron chi connectivity index (χ0n) is 12.0. The Hall–Kier alpha value is -1.86. The van der Waals surface area contributed by atoms with Crippen LogP contribution in [0.1, 0.15) is 43.7 Å². The van der Waals surface area contributed by atoms with Crippen molar-refractivity contribution in [1.29, 1.82) is 5.26 Å². The molecule has 1 N–H and O–H groups in total. The van der Waals surface area contributed by atoms with Gasteiger partial charge < -0.3 is 5.11 Å². The summed E-state index contributed by atoms with van der Waals surface area (Å²) in [4.78, 5) is 12.9. The first-order valence-corrected chi connectivity index (χ1v) is 7.09. The maximum absolute atomic E-state index is 10.7. The van der Waals surface area contributed by atoms with E-state index in [2.05, 4.69) is 17.9 Å². The fraction of sp³-hybridized carbons (Fsp3) is 0.500. The molecule has 0 fully saturated rings. The molecular formula is C16H22N2O2. The van der Waals surface area contributed by atoms with Crippen LogP contribution < -0.4 is 0 Å². The standard InChI is InChI=1S/C16H22N2O2/c1-2-3-6-10-18(11-9-16(19)20)13-15-8-5-4-7-14(15)12-17/h4-5,7-8H,2-3,6,9-11,13H2,1H3,(H,19,20). The maximum atomic E-state index is 10.7. The molecule has 0 amide bonds. The Morgan fingerprint density at radius 1 is 1.30 bits per heavy atom. The van der Waals surface area contributed by atoms with Crippen LogP contribution in [0.25, 0.3) is 0 Å². The van der Waals surface area contributed by atoms with Crippen LogP contribution in [0.2, 0.25) is 0 Å². The molecule has 0 aliphatic heterocycles. The van der Waals surface area contributed by atoms with E-state index in [0.29, 0.717) is 18.7 Å². The van der Waals surface area contributed by atoms with Crippen LogP contribution in [0.4, 0.5) is 0 Å². The summed E-state index contributed by atoms with van der Waals surface area (Å²) in [6.45, 7) is 4.19. The minimum Gasteiger partial charge on any atom is -0.481 e. The second kappa shape index (κ2) is 9.11. The highest BCUT2D eigenvalue weighted by Crippen LogP contribution is 2.12. The van der Waals surface area contributed by atoms with Gasteiger partial charge in [0.1, 0.15) is 0 Å². The molecule has 1 rings (SSSR count). The molecule has 20 heavy (non-hydrogen) atoms. The number of hydrogen-bond donors (Lipinski definition) is 1. The summed E-state index contributed by atoms with van der Waals surface area (Å²) in [5.41, 5.74) is 1.64. The van der Waals surface area contributed by atoms with E-state index in [0.717, 1.165) is 31.4 Å².